The van der Waals surface area contributed by atoms with E-state index in [-0.39, 0.29) is 17.2 Å². The van der Waals surface area contributed by atoms with Gasteiger partial charge in [0.05, 0.1) is 15.8 Å². The number of carboxylic acid groups (broad SMARTS) is 1. The van der Waals surface area contributed by atoms with Crippen LogP contribution in [0.3, 0.4) is 0 Å². The fraction of sp³-hybridized carbons (Fsp3) is 0. The molecule has 0 spiro atoms. The number of nitrogens with zero attached hydrogens (tertiary/aromatic N) is 3. The Morgan fingerprint density at radius 2 is 1.78 bits per heavy atom. The second kappa shape index (κ2) is 8.07. The number of thiazole rings is 1. The topological polar surface area (TPSA) is 82.9 Å². The first-order valence-corrected chi connectivity index (χ1v) is 10.9. The van der Waals surface area contributed by atoms with Crippen molar-refractivity contribution in [3.63, 3.8) is 0 Å². The van der Waals surface area contributed by atoms with E-state index in [1.54, 1.807) is 18.2 Å². The average molecular weight is 458 g/mol. The predicted octanol–water partition coefficient (Wildman–Crippen LogP) is 5.12. The van der Waals surface area contributed by atoms with E-state index in [0.717, 1.165) is 16.0 Å². The van der Waals surface area contributed by atoms with E-state index in [4.69, 9.17) is 0 Å². The molecule has 156 valence electrons. The summed E-state index contributed by atoms with van der Waals surface area (Å²) < 4.78 is 0.679. The molecule has 8 heteroatoms. The number of amidine groups is 1. The molecule has 0 saturated carbocycles. The van der Waals surface area contributed by atoms with Crippen LogP contribution in [-0.2, 0) is 4.79 Å². The lowest BCUT2D eigenvalue weighted by molar-refractivity contribution is -0.113. The van der Waals surface area contributed by atoms with Gasteiger partial charge in [-0.15, -0.1) is 12.6 Å². The SMILES string of the molecule is O=C(O)c1ccc2nc(N3C(=O)/C(=C/c4ccccc4S)N=C3c3ccccc3)sc2c1. The van der Waals surface area contributed by atoms with E-state index in [1.165, 1.54) is 22.3 Å². The van der Waals surface area contributed by atoms with Crippen LogP contribution < -0.4 is 4.90 Å². The number of benzene rings is 3. The van der Waals surface area contributed by atoms with E-state index in [0.29, 0.717) is 21.2 Å². The van der Waals surface area contributed by atoms with Crippen LogP contribution >= 0.6 is 24.0 Å². The van der Waals surface area contributed by atoms with Crippen molar-refractivity contribution in [3.05, 3.63) is 95.2 Å². The number of carboxylic acids is 1. The van der Waals surface area contributed by atoms with Gasteiger partial charge < -0.3 is 5.11 Å². The minimum Gasteiger partial charge on any atom is -0.478 e. The van der Waals surface area contributed by atoms with Crippen molar-refractivity contribution in [2.75, 3.05) is 4.90 Å². The van der Waals surface area contributed by atoms with Gasteiger partial charge in [0.2, 0.25) is 0 Å². The number of amides is 1. The third kappa shape index (κ3) is 3.59. The molecule has 6 nitrogen and oxygen atoms in total. The molecular formula is C24H15N3O3S2. The van der Waals surface area contributed by atoms with Crippen molar-refractivity contribution in [3.8, 4) is 0 Å². The molecule has 1 N–H and O–H groups in total. The Kier molecular flexibility index (Phi) is 5.08. The minimum atomic E-state index is -1.01. The van der Waals surface area contributed by atoms with E-state index in [2.05, 4.69) is 22.6 Å². The Hall–Kier alpha value is -3.75. The normalized spacial score (nSPS) is 14.9. The van der Waals surface area contributed by atoms with Crippen molar-refractivity contribution in [1.29, 1.82) is 0 Å². The molecule has 0 aliphatic carbocycles. The highest BCUT2D eigenvalue weighted by Gasteiger charge is 2.34. The predicted molar refractivity (Wildman–Crippen MR) is 129 cm³/mol. The molecule has 0 saturated heterocycles. The number of anilines is 1. The first-order valence-electron chi connectivity index (χ1n) is 9.63. The molecule has 0 atom stereocenters. The monoisotopic (exact) mass is 457 g/mol. The van der Waals surface area contributed by atoms with Crippen molar-refractivity contribution in [2.45, 2.75) is 4.90 Å². The van der Waals surface area contributed by atoms with Crippen LogP contribution in [0.4, 0.5) is 5.13 Å². The van der Waals surface area contributed by atoms with E-state index in [1.807, 2.05) is 54.6 Å². The number of fused-ring (bicyclic) bond motifs is 1. The zero-order valence-corrected chi connectivity index (χ0v) is 18.2. The molecule has 32 heavy (non-hydrogen) atoms. The Morgan fingerprint density at radius 1 is 1.03 bits per heavy atom. The Morgan fingerprint density at radius 3 is 2.53 bits per heavy atom. The molecule has 5 rings (SSSR count). The first-order chi connectivity index (χ1) is 15.5. The third-order valence-corrected chi connectivity index (χ3v) is 6.35. The van der Waals surface area contributed by atoms with Crippen LogP contribution in [-0.4, -0.2) is 27.8 Å². The fourth-order valence-electron chi connectivity index (χ4n) is 3.37. The quantitative estimate of drug-likeness (QED) is 0.329. The number of carbonyl (C=O) groups excluding carboxylic acids is 1. The van der Waals surface area contributed by atoms with Crippen LogP contribution in [0.5, 0.6) is 0 Å². The largest absolute Gasteiger partial charge is 0.478 e. The summed E-state index contributed by atoms with van der Waals surface area (Å²) in [7, 11) is 0. The van der Waals surface area contributed by atoms with Crippen LogP contribution in [0.25, 0.3) is 16.3 Å². The maximum Gasteiger partial charge on any atom is 0.335 e. The van der Waals surface area contributed by atoms with Crippen LogP contribution in [0.1, 0.15) is 21.5 Å². The van der Waals surface area contributed by atoms with Gasteiger partial charge in [0.15, 0.2) is 5.13 Å². The lowest BCUT2D eigenvalue weighted by Crippen LogP contribution is -2.32. The maximum absolute atomic E-state index is 13.4. The molecule has 2 heterocycles. The summed E-state index contributed by atoms with van der Waals surface area (Å²) in [4.78, 5) is 36.2. The number of aliphatic imine (C=N–C) groups is 1. The molecule has 0 radical (unpaired) electrons. The van der Waals surface area contributed by atoms with Crippen LogP contribution in [0.2, 0.25) is 0 Å². The van der Waals surface area contributed by atoms with Gasteiger partial charge in [-0.3, -0.25) is 4.79 Å². The number of aromatic carboxylic acids is 1. The highest BCUT2D eigenvalue weighted by molar-refractivity contribution is 7.80. The maximum atomic E-state index is 13.4. The molecule has 1 aliphatic rings. The summed E-state index contributed by atoms with van der Waals surface area (Å²) in [6.45, 7) is 0. The van der Waals surface area contributed by atoms with Gasteiger partial charge in [0.25, 0.3) is 5.91 Å². The van der Waals surface area contributed by atoms with E-state index < -0.39 is 5.97 Å². The second-order valence-corrected chi connectivity index (χ2v) is 8.51. The van der Waals surface area contributed by atoms with Gasteiger partial charge in [0, 0.05) is 10.5 Å². The standard InChI is InChI=1S/C24H15N3O3S2/c28-22-18(12-15-8-4-5-9-19(15)31)25-21(14-6-2-1-3-7-14)27(22)24-26-17-11-10-16(23(29)30)13-20(17)32-24/h1-13,31H,(H,29,30)/b18-12-. The van der Waals surface area contributed by atoms with Gasteiger partial charge in [0.1, 0.15) is 11.5 Å². The van der Waals surface area contributed by atoms with Gasteiger partial charge >= 0.3 is 5.97 Å². The average Bonchev–Trinajstić information content (AvgIpc) is 3.36. The number of rotatable bonds is 4. The number of aromatic nitrogens is 1. The van der Waals surface area contributed by atoms with Gasteiger partial charge in [-0.1, -0.05) is 59.9 Å². The van der Waals surface area contributed by atoms with Crippen molar-refractivity contribution >= 4 is 63.1 Å². The third-order valence-electron chi connectivity index (χ3n) is 4.94. The summed E-state index contributed by atoms with van der Waals surface area (Å²) in [5, 5.41) is 9.71. The van der Waals surface area contributed by atoms with Crippen LogP contribution in [0.15, 0.2) is 88.4 Å². The number of hydrogen-bond donors (Lipinski definition) is 2. The number of hydrogen-bond acceptors (Lipinski definition) is 6. The summed E-state index contributed by atoms with van der Waals surface area (Å²) in [6, 6.07) is 21.6. The van der Waals surface area contributed by atoms with E-state index >= 15 is 0 Å². The van der Waals surface area contributed by atoms with Gasteiger partial charge in [-0.05, 0) is 35.9 Å². The Bertz CT molecular complexity index is 1440. The van der Waals surface area contributed by atoms with Gasteiger partial charge in [-0.25, -0.2) is 19.7 Å². The summed E-state index contributed by atoms with van der Waals surface area (Å²) >= 11 is 5.72. The zero-order chi connectivity index (χ0) is 22.2. The zero-order valence-electron chi connectivity index (χ0n) is 16.5. The van der Waals surface area contributed by atoms with Crippen molar-refractivity contribution in [2.24, 2.45) is 4.99 Å². The summed E-state index contributed by atoms with van der Waals surface area (Å²) in [5.41, 5.74) is 2.62. The molecule has 0 unspecified atom stereocenters. The lowest BCUT2D eigenvalue weighted by atomic mass is 10.2. The lowest BCUT2D eigenvalue weighted by Gasteiger charge is -2.14. The molecule has 3 aromatic carbocycles. The number of thiol groups is 1. The molecule has 1 aromatic heterocycles. The minimum absolute atomic E-state index is 0.170. The Balaban J connectivity index is 1.64. The Labute approximate surface area is 192 Å². The molecule has 1 amide bonds. The number of carbonyl (C=O) groups is 2. The fourth-order valence-corrected chi connectivity index (χ4v) is 4.60. The second-order valence-electron chi connectivity index (χ2n) is 7.01. The van der Waals surface area contributed by atoms with Crippen molar-refractivity contribution < 1.29 is 14.7 Å². The molecule has 0 fully saturated rings. The molecular weight excluding hydrogens is 442 g/mol. The summed E-state index contributed by atoms with van der Waals surface area (Å²) in [5.74, 6) is -0.852. The van der Waals surface area contributed by atoms with E-state index in [9.17, 15) is 14.7 Å². The highest BCUT2D eigenvalue weighted by atomic mass is 32.1. The van der Waals surface area contributed by atoms with Crippen LogP contribution in [0, 0.1) is 0 Å². The van der Waals surface area contributed by atoms with Crippen molar-refractivity contribution in [1.82, 2.24) is 4.98 Å². The molecule has 0 bridgehead atoms. The molecule has 1 aliphatic heterocycles. The first kappa shape index (κ1) is 20.2. The summed E-state index contributed by atoms with van der Waals surface area (Å²) in [6.07, 6.45) is 1.71. The highest BCUT2D eigenvalue weighted by Crippen LogP contribution is 2.35. The molecule has 4 aromatic rings. The smallest absolute Gasteiger partial charge is 0.335 e. The van der Waals surface area contributed by atoms with Gasteiger partial charge in [-0.2, -0.15) is 0 Å².